The van der Waals surface area contributed by atoms with E-state index in [1.807, 2.05) is 0 Å². The highest BCUT2D eigenvalue weighted by Crippen LogP contribution is 2.14. The quantitative estimate of drug-likeness (QED) is 0.703. The van der Waals surface area contributed by atoms with Gasteiger partial charge in [0.25, 0.3) is 0 Å². The second kappa shape index (κ2) is 4.60. The molecule has 0 aliphatic heterocycles. The lowest BCUT2D eigenvalue weighted by molar-refractivity contribution is -0.127. The molecule has 0 bridgehead atoms. The van der Waals surface area contributed by atoms with Crippen molar-refractivity contribution in [2.75, 3.05) is 21.2 Å². The number of rotatable bonds is 3. The molecular formula is C10H13N2O2. The largest absolute Gasteiger partial charge is 0.481 e. The fraction of sp³-hybridized carbons (Fsp3) is 0.400. The van der Waals surface area contributed by atoms with Crippen LogP contribution in [0, 0.1) is 6.07 Å². The molecule has 0 saturated carbocycles. The molecular weight excluding hydrogens is 180 g/mol. The van der Waals surface area contributed by atoms with Gasteiger partial charge in [0.2, 0.25) is 11.8 Å². The molecule has 1 aromatic rings. The van der Waals surface area contributed by atoms with Crippen LogP contribution in [0.25, 0.3) is 0 Å². The van der Waals surface area contributed by atoms with Crippen molar-refractivity contribution in [3.05, 3.63) is 23.9 Å². The van der Waals surface area contributed by atoms with E-state index >= 15 is 0 Å². The third kappa shape index (κ3) is 2.45. The number of hydrogen-bond acceptors (Lipinski definition) is 3. The average molecular weight is 193 g/mol. The third-order valence-corrected chi connectivity index (χ3v) is 1.82. The summed E-state index contributed by atoms with van der Waals surface area (Å²) in [5.41, 5.74) is 0.758. The molecule has 1 rings (SSSR count). The molecule has 4 nitrogen and oxygen atoms in total. The predicted octanol–water partition coefficient (Wildman–Crippen LogP) is 0.521. The number of ether oxygens (including phenoxy) is 1. The number of carbonyl (C=O) groups is 1. The number of carbonyl (C=O) groups excluding carboxylic acids is 1. The first kappa shape index (κ1) is 10.5. The minimum atomic E-state index is 0.0182. The summed E-state index contributed by atoms with van der Waals surface area (Å²) in [6.07, 6.45) is 1.81. The van der Waals surface area contributed by atoms with E-state index in [9.17, 15) is 4.79 Å². The molecule has 75 valence electrons. The van der Waals surface area contributed by atoms with Gasteiger partial charge in [-0.25, -0.2) is 4.98 Å². The molecule has 0 spiro atoms. The zero-order chi connectivity index (χ0) is 10.6. The van der Waals surface area contributed by atoms with Gasteiger partial charge in [0.1, 0.15) is 0 Å². The van der Waals surface area contributed by atoms with Crippen LogP contribution in [-0.2, 0) is 11.2 Å². The summed E-state index contributed by atoms with van der Waals surface area (Å²) < 4.78 is 5.02. The molecule has 1 radical (unpaired) electrons. The summed E-state index contributed by atoms with van der Waals surface area (Å²) in [5.74, 6) is 0.503. The van der Waals surface area contributed by atoms with Gasteiger partial charge in [-0.2, -0.15) is 0 Å². The minimum Gasteiger partial charge on any atom is -0.481 e. The van der Waals surface area contributed by atoms with E-state index in [4.69, 9.17) is 4.74 Å². The summed E-state index contributed by atoms with van der Waals surface area (Å²) in [7, 11) is 4.97. The molecule has 0 saturated heterocycles. The number of amides is 1. The zero-order valence-corrected chi connectivity index (χ0v) is 8.57. The second-order valence-corrected chi connectivity index (χ2v) is 3.07. The highest BCUT2D eigenvalue weighted by atomic mass is 16.5. The standard InChI is InChI=1S/C10H13N2O2/c1-12(2)9(13)7-8-5-4-6-11-10(8)14-3/h5-6H,7H2,1-3H3. The number of methoxy groups -OCH3 is 1. The molecule has 4 heteroatoms. The van der Waals surface area contributed by atoms with E-state index in [1.54, 1.807) is 20.2 Å². The van der Waals surface area contributed by atoms with E-state index in [0.717, 1.165) is 5.56 Å². The molecule has 1 amide bonds. The van der Waals surface area contributed by atoms with Crippen LogP contribution in [0.15, 0.2) is 12.3 Å². The van der Waals surface area contributed by atoms with Crippen molar-refractivity contribution in [1.82, 2.24) is 9.88 Å². The lowest BCUT2D eigenvalue weighted by Crippen LogP contribution is -2.23. The Bertz CT molecular complexity index is 324. The van der Waals surface area contributed by atoms with Crippen molar-refractivity contribution < 1.29 is 9.53 Å². The molecule has 1 heterocycles. The van der Waals surface area contributed by atoms with Gasteiger partial charge in [0.05, 0.1) is 13.5 Å². The van der Waals surface area contributed by atoms with E-state index in [-0.39, 0.29) is 5.91 Å². The molecule has 1 aromatic heterocycles. The second-order valence-electron chi connectivity index (χ2n) is 3.07. The number of hydrogen-bond donors (Lipinski definition) is 0. The van der Waals surface area contributed by atoms with Crippen LogP contribution in [0.5, 0.6) is 5.88 Å². The Labute approximate surface area is 83.5 Å². The maximum atomic E-state index is 11.4. The van der Waals surface area contributed by atoms with Gasteiger partial charge in [0.15, 0.2) is 0 Å². The van der Waals surface area contributed by atoms with Crippen LogP contribution in [0.3, 0.4) is 0 Å². The summed E-state index contributed by atoms with van der Waals surface area (Å²) in [6, 6.07) is 4.53. The van der Waals surface area contributed by atoms with E-state index < -0.39 is 0 Å². The maximum Gasteiger partial charge on any atom is 0.226 e. The molecule has 0 fully saturated rings. The number of pyridine rings is 1. The lowest BCUT2D eigenvalue weighted by atomic mass is 10.2. The topological polar surface area (TPSA) is 42.4 Å². The highest BCUT2D eigenvalue weighted by Gasteiger charge is 2.10. The maximum absolute atomic E-state index is 11.4. The zero-order valence-electron chi connectivity index (χ0n) is 8.57. The first-order valence-electron chi connectivity index (χ1n) is 4.24. The Morgan fingerprint density at radius 1 is 1.64 bits per heavy atom. The summed E-state index contributed by atoms with van der Waals surface area (Å²) in [6.45, 7) is 0. The third-order valence-electron chi connectivity index (χ3n) is 1.82. The van der Waals surface area contributed by atoms with Crippen LogP contribution in [0.1, 0.15) is 5.56 Å². The lowest BCUT2D eigenvalue weighted by Gasteiger charge is -2.11. The molecule has 0 aromatic carbocycles. The van der Waals surface area contributed by atoms with Gasteiger partial charge in [-0.05, 0) is 6.07 Å². The number of likely N-dealkylation sites (N-methyl/N-ethyl adjacent to an activating group) is 1. The smallest absolute Gasteiger partial charge is 0.226 e. The molecule has 0 aliphatic rings. The Morgan fingerprint density at radius 2 is 2.36 bits per heavy atom. The van der Waals surface area contributed by atoms with Crippen LogP contribution >= 0.6 is 0 Å². The number of aromatic nitrogens is 1. The fourth-order valence-electron chi connectivity index (χ4n) is 1.01. The van der Waals surface area contributed by atoms with Gasteiger partial charge in [-0.3, -0.25) is 4.79 Å². The Kier molecular flexibility index (Phi) is 3.45. The minimum absolute atomic E-state index is 0.0182. The van der Waals surface area contributed by atoms with Crippen molar-refractivity contribution in [3.63, 3.8) is 0 Å². The molecule has 0 atom stereocenters. The summed E-state index contributed by atoms with van der Waals surface area (Å²) >= 11 is 0. The van der Waals surface area contributed by atoms with Crippen LogP contribution < -0.4 is 4.74 Å². The van der Waals surface area contributed by atoms with Crippen molar-refractivity contribution in [2.24, 2.45) is 0 Å². The predicted molar refractivity (Wildman–Crippen MR) is 52.0 cm³/mol. The molecule has 0 aliphatic carbocycles. The van der Waals surface area contributed by atoms with E-state index in [0.29, 0.717) is 12.3 Å². The number of nitrogens with zero attached hydrogens (tertiary/aromatic N) is 2. The van der Waals surface area contributed by atoms with Gasteiger partial charge >= 0.3 is 0 Å². The monoisotopic (exact) mass is 193 g/mol. The molecule has 14 heavy (non-hydrogen) atoms. The first-order chi connectivity index (χ1) is 6.65. The van der Waals surface area contributed by atoms with Crippen molar-refractivity contribution in [3.8, 4) is 5.88 Å². The van der Waals surface area contributed by atoms with Crippen LogP contribution in [0.4, 0.5) is 0 Å². The average Bonchev–Trinajstić information content (AvgIpc) is 2.18. The SMILES string of the molecule is COc1nc[c]cc1CC(=O)N(C)C. The normalized spacial score (nSPS) is 9.64. The van der Waals surface area contributed by atoms with Gasteiger partial charge in [-0.1, -0.05) is 0 Å². The van der Waals surface area contributed by atoms with Crippen LogP contribution in [-0.4, -0.2) is 37.0 Å². The Balaban J connectivity index is 2.80. The first-order valence-corrected chi connectivity index (χ1v) is 4.24. The van der Waals surface area contributed by atoms with E-state index in [2.05, 4.69) is 11.1 Å². The Morgan fingerprint density at radius 3 is 2.93 bits per heavy atom. The van der Waals surface area contributed by atoms with Gasteiger partial charge in [0, 0.05) is 31.9 Å². The Hall–Kier alpha value is -1.58. The van der Waals surface area contributed by atoms with Crippen molar-refractivity contribution in [1.29, 1.82) is 0 Å². The summed E-state index contributed by atoms with van der Waals surface area (Å²) in [4.78, 5) is 16.9. The van der Waals surface area contributed by atoms with Crippen LogP contribution in [0.2, 0.25) is 0 Å². The van der Waals surface area contributed by atoms with Gasteiger partial charge in [-0.15, -0.1) is 0 Å². The molecule has 0 unspecified atom stereocenters. The highest BCUT2D eigenvalue weighted by molar-refractivity contribution is 5.78. The molecule has 0 N–H and O–H groups in total. The van der Waals surface area contributed by atoms with Crippen molar-refractivity contribution in [2.45, 2.75) is 6.42 Å². The summed E-state index contributed by atoms with van der Waals surface area (Å²) in [5, 5.41) is 0. The van der Waals surface area contributed by atoms with Crippen molar-refractivity contribution >= 4 is 5.91 Å². The van der Waals surface area contributed by atoms with E-state index in [1.165, 1.54) is 18.2 Å². The van der Waals surface area contributed by atoms with Gasteiger partial charge < -0.3 is 9.64 Å². The fourth-order valence-corrected chi connectivity index (χ4v) is 1.01.